The molecule has 0 radical (unpaired) electrons. The van der Waals surface area contributed by atoms with Crippen LogP contribution in [0.15, 0.2) is 82.3 Å². The lowest BCUT2D eigenvalue weighted by Crippen LogP contribution is -2.14. The molecular weight excluding hydrogens is 414 g/mol. The molecule has 164 valence electrons. The number of aromatic amines is 1. The molecule has 0 unspecified atom stereocenters. The summed E-state index contributed by atoms with van der Waals surface area (Å²) in [5, 5.41) is 17.5. The Morgan fingerprint density at radius 1 is 0.970 bits per heavy atom. The summed E-state index contributed by atoms with van der Waals surface area (Å²) in [7, 11) is 1.52. The van der Waals surface area contributed by atoms with Gasteiger partial charge in [0.1, 0.15) is 22.2 Å². The molecule has 3 aromatic carbocycles. The highest BCUT2D eigenvalue weighted by atomic mass is 16.5. The highest BCUT2D eigenvalue weighted by Crippen LogP contribution is 2.32. The van der Waals surface area contributed by atoms with E-state index >= 15 is 0 Å². The molecule has 3 N–H and O–H groups in total. The molecule has 0 fully saturated rings. The van der Waals surface area contributed by atoms with E-state index in [-0.39, 0.29) is 5.75 Å². The third kappa shape index (κ3) is 3.99. The highest BCUT2D eigenvalue weighted by Gasteiger charge is 2.12. The van der Waals surface area contributed by atoms with Gasteiger partial charge in [-0.25, -0.2) is 4.98 Å². The number of H-pyrrole nitrogens is 1. The van der Waals surface area contributed by atoms with Crippen molar-refractivity contribution in [2.45, 2.75) is 13.8 Å². The largest absolute Gasteiger partial charge is 0.504 e. The number of hydrogen-bond donors (Lipinski definition) is 2. The van der Waals surface area contributed by atoms with Crippen LogP contribution in [0.2, 0.25) is 0 Å². The number of phenolic OH excluding ortho intramolecular Hbond substituents is 1. The Kier molecular flexibility index (Phi) is 5.18. The molecule has 33 heavy (non-hydrogen) atoms. The van der Waals surface area contributed by atoms with Gasteiger partial charge in [-0.1, -0.05) is 29.4 Å². The van der Waals surface area contributed by atoms with Gasteiger partial charge < -0.3 is 14.3 Å². The van der Waals surface area contributed by atoms with Crippen LogP contribution in [0.25, 0.3) is 33.2 Å². The summed E-state index contributed by atoms with van der Waals surface area (Å²) in [6.07, 6.45) is 0. The van der Waals surface area contributed by atoms with E-state index in [9.17, 15) is 5.11 Å². The smallest absolute Gasteiger partial charge is 0.297 e. The van der Waals surface area contributed by atoms with Crippen molar-refractivity contribution < 1.29 is 19.2 Å². The lowest BCUT2D eigenvalue weighted by Gasteiger charge is -2.09. The number of pyridine rings is 1. The van der Waals surface area contributed by atoms with Gasteiger partial charge in [-0.05, 0) is 61.4 Å². The Balaban J connectivity index is 1.67. The fraction of sp³-hybridized carbons (Fsp3) is 0.111. The number of ether oxygens (including phenoxy) is 1. The Bertz CT molecular complexity index is 1570. The van der Waals surface area contributed by atoms with Crippen molar-refractivity contribution in [1.82, 2.24) is 0 Å². The third-order valence-corrected chi connectivity index (χ3v) is 5.61. The van der Waals surface area contributed by atoms with Crippen LogP contribution in [-0.2, 0) is 0 Å². The van der Waals surface area contributed by atoms with E-state index in [1.807, 2.05) is 49.4 Å². The van der Waals surface area contributed by atoms with Gasteiger partial charge in [0, 0.05) is 28.5 Å². The van der Waals surface area contributed by atoms with Crippen molar-refractivity contribution in [3.05, 3.63) is 89.3 Å². The first-order valence-corrected chi connectivity index (χ1v) is 10.6. The summed E-state index contributed by atoms with van der Waals surface area (Å²) in [4.78, 5) is 3.36. The number of aromatic hydroxyl groups is 1. The lowest BCUT2D eigenvalue weighted by atomic mass is 10.0. The van der Waals surface area contributed by atoms with Gasteiger partial charge in [-0.2, -0.15) is 0 Å². The topological polar surface area (TPSA) is 81.1 Å². The van der Waals surface area contributed by atoms with Gasteiger partial charge >= 0.3 is 0 Å². The summed E-state index contributed by atoms with van der Waals surface area (Å²) in [5.74, 6) is 1.85. The molecule has 0 bridgehead atoms. The molecule has 6 heteroatoms. The normalized spacial score (nSPS) is 11.8. The van der Waals surface area contributed by atoms with E-state index in [0.29, 0.717) is 11.5 Å². The molecule has 0 aliphatic rings. The number of benzene rings is 3. The van der Waals surface area contributed by atoms with E-state index < -0.39 is 0 Å². The van der Waals surface area contributed by atoms with Gasteiger partial charge in [0.05, 0.1) is 7.11 Å². The quantitative estimate of drug-likeness (QED) is 0.372. The van der Waals surface area contributed by atoms with Crippen LogP contribution in [0.1, 0.15) is 11.1 Å². The molecule has 0 aliphatic carbocycles. The van der Waals surface area contributed by atoms with Gasteiger partial charge in [0.15, 0.2) is 11.5 Å². The second-order valence-electron chi connectivity index (χ2n) is 8.02. The number of hydrogen-bond acceptors (Lipinski definition) is 5. The van der Waals surface area contributed by atoms with Gasteiger partial charge in [0.25, 0.3) is 5.82 Å². The first-order chi connectivity index (χ1) is 16.0. The Morgan fingerprint density at radius 2 is 1.82 bits per heavy atom. The van der Waals surface area contributed by atoms with E-state index in [4.69, 9.17) is 14.3 Å². The second-order valence-corrected chi connectivity index (χ2v) is 8.02. The Morgan fingerprint density at radius 3 is 2.67 bits per heavy atom. The van der Waals surface area contributed by atoms with Crippen molar-refractivity contribution in [2.24, 2.45) is 5.10 Å². The number of aromatic nitrogens is 1. The maximum atomic E-state index is 9.98. The first-order valence-electron chi connectivity index (χ1n) is 10.6. The number of rotatable bonds is 4. The van der Waals surface area contributed by atoms with Crippen LogP contribution in [0.3, 0.4) is 0 Å². The van der Waals surface area contributed by atoms with Crippen molar-refractivity contribution in [3.8, 4) is 22.8 Å². The zero-order valence-electron chi connectivity index (χ0n) is 18.6. The molecule has 5 aromatic rings. The standard InChI is InChI=1S/C27H23N3O3/c1-16-12-17(2)27-21(29-30-26-11-9-18-6-4-5-7-20(18)28-26)15-23(33-25(27)13-16)19-8-10-22(31)24(14-19)32-3/h4-15,31H,1-3H3,(H,28,30)/p+1. The highest BCUT2D eigenvalue weighted by molar-refractivity contribution is 5.83. The predicted octanol–water partition coefficient (Wildman–Crippen LogP) is 5.33. The number of para-hydroxylation sites is 1. The SMILES string of the molecule is COc1cc(-c2cc(=NNc3ccc4ccccc4[nH+]3)c3c(C)cc(C)cc3o2)ccc1O. The molecule has 6 nitrogen and oxygen atoms in total. The van der Waals surface area contributed by atoms with Crippen LogP contribution in [-0.4, -0.2) is 12.2 Å². The molecule has 0 atom stereocenters. The molecular formula is C27H24N3O3+. The molecule has 0 saturated carbocycles. The fourth-order valence-corrected chi connectivity index (χ4v) is 4.04. The number of anilines is 1. The minimum Gasteiger partial charge on any atom is -0.504 e. The number of nitrogens with one attached hydrogen (secondary N) is 2. The van der Waals surface area contributed by atoms with E-state index in [1.165, 1.54) is 7.11 Å². The first kappa shape index (κ1) is 20.6. The number of methoxy groups -OCH3 is 1. The van der Waals surface area contributed by atoms with E-state index in [0.717, 1.165) is 49.7 Å². The summed E-state index contributed by atoms with van der Waals surface area (Å²) in [5.41, 5.74) is 7.87. The Hall–Kier alpha value is -4.32. The predicted molar refractivity (Wildman–Crippen MR) is 129 cm³/mol. The van der Waals surface area contributed by atoms with Crippen molar-refractivity contribution in [3.63, 3.8) is 0 Å². The van der Waals surface area contributed by atoms with Crippen LogP contribution in [0.5, 0.6) is 11.5 Å². The Labute approximate surface area is 190 Å². The molecule has 0 spiro atoms. The molecule has 0 amide bonds. The maximum Gasteiger partial charge on any atom is 0.297 e. The average molecular weight is 439 g/mol. The summed E-state index contributed by atoms with van der Waals surface area (Å²) < 4.78 is 11.5. The zero-order chi connectivity index (χ0) is 22.9. The maximum absolute atomic E-state index is 9.98. The minimum atomic E-state index is 0.0761. The van der Waals surface area contributed by atoms with Crippen molar-refractivity contribution in [2.75, 3.05) is 12.5 Å². The zero-order valence-corrected chi connectivity index (χ0v) is 18.6. The average Bonchev–Trinajstić information content (AvgIpc) is 2.82. The summed E-state index contributed by atoms with van der Waals surface area (Å²) in [6.45, 7) is 4.09. The van der Waals surface area contributed by atoms with Gasteiger partial charge in [-0.3, -0.25) is 0 Å². The summed E-state index contributed by atoms with van der Waals surface area (Å²) >= 11 is 0. The van der Waals surface area contributed by atoms with Crippen LogP contribution < -0.4 is 20.5 Å². The monoisotopic (exact) mass is 438 g/mol. The summed E-state index contributed by atoms with van der Waals surface area (Å²) in [6, 6.07) is 23.2. The van der Waals surface area contributed by atoms with Crippen LogP contribution >= 0.6 is 0 Å². The van der Waals surface area contributed by atoms with Gasteiger partial charge in [0.2, 0.25) is 0 Å². The molecule has 2 heterocycles. The minimum absolute atomic E-state index is 0.0761. The third-order valence-electron chi connectivity index (χ3n) is 5.61. The lowest BCUT2D eigenvalue weighted by molar-refractivity contribution is -0.327. The van der Waals surface area contributed by atoms with Crippen LogP contribution in [0, 0.1) is 13.8 Å². The second kappa shape index (κ2) is 8.31. The fourth-order valence-electron chi connectivity index (χ4n) is 4.04. The van der Waals surface area contributed by atoms with Gasteiger partial charge in [-0.15, -0.1) is 5.43 Å². The van der Waals surface area contributed by atoms with E-state index in [1.54, 1.807) is 18.2 Å². The van der Waals surface area contributed by atoms with Crippen LogP contribution in [0.4, 0.5) is 5.82 Å². The number of nitrogens with zero attached hydrogens (tertiary/aromatic N) is 1. The molecule has 2 aromatic heterocycles. The number of aryl methyl sites for hydroxylation is 2. The van der Waals surface area contributed by atoms with Crippen molar-refractivity contribution in [1.29, 1.82) is 0 Å². The van der Waals surface area contributed by atoms with E-state index in [2.05, 4.69) is 29.5 Å². The number of fused-ring (bicyclic) bond motifs is 2. The molecule has 0 aliphatic heterocycles. The van der Waals surface area contributed by atoms with Crippen molar-refractivity contribution >= 4 is 27.7 Å². The molecule has 5 rings (SSSR count). The number of phenols is 1. The molecule has 0 saturated heterocycles.